The average molecular weight is 284 g/mol. The number of likely N-dealkylation sites (tertiary alicyclic amines) is 1. The largest absolute Gasteiger partial charge is 0.399 e. The number of nitrogens with two attached hydrogens (primary N) is 1. The molecule has 0 aliphatic carbocycles. The molecule has 0 radical (unpaired) electrons. The summed E-state index contributed by atoms with van der Waals surface area (Å²) in [5.41, 5.74) is 6.72. The van der Waals surface area contributed by atoms with E-state index in [9.17, 15) is 4.79 Å². The van der Waals surface area contributed by atoms with Crippen LogP contribution in [0.3, 0.4) is 0 Å². The minimum Gasteiger partial charge on any atom is -0.399 e. The van der Waals surface area contributed by atoms with E-state index in [1.807, 2.05) is 4.90 Å². The van der Waals surface area contributed by atoms with Gasteiger partial charge in [0.1, 0.15) is 0 Å². The standard InChI is InChI=1S/C13H18ClN3O2/c14-11-5-10(15)1-2-12(11)16-13(19)7-17-4-3-9(6-17)8-18/h1-2,5,9,18H,3-4,6-8,15H2,(H,16,19). The Bertz CT molecular complexity index is 467. The maximum atomic E-state index is 11.9. The molecule has 1 fully saturated rings. The summed E-state index contributed by atoms with van der Waals surface area (Å²) in [5, 5.41) is 12.3. The van der Waals surface area contributed by atoms with Gasteiger partial charge in [0.2, 0.25) is 5.91 Å². The molecule has 6 heteroatoms. The molecule has 1 atom stereocenters. The number of anilines is 2. The van der Waals surface area contributed by atoms with Crippen LogP contribution in [0, 0.1) is 5.92 Å². The molecule has 1 aromatic carbocycles. The number of nitrogen functional groups attached to an aromatic ring is 1. The number of rotatable bonds is 4. The van der Waals surface area contributed by atoms with Crippen LogP contribution >= 0.6 is 11.6 Å². The molecular formula is C13H18ClN3O2. The van der Waals surface area contributed by atoms with Gasteiger partial charge >= 0.3 is 0 Å². The van der Waals surface area contributed by atoms with Crippen molar-refractivity contribution in [2.45, 2.75) is 6.42 Å². The third-order valence-electron chi connectivity index (χ3n) is 3.26. The van der Waals surface area contributed by atoms with Crippen molar-refractivity contribution >= 4 is 28.9 Å². The van der Waals surface area contributed by atoms with Crippen LogP contribution in [-0.4, -0.2) is 42.2 Å². The topological polar surface area (TPSA) is 78.6 Å². The van der Waals surface area contributed by atoms with E-state index in [2.05, 4.69) is 5.32 Å². The zero-order valence-electron chi connectivity index (χ0n) is 10.6. The molecule has 1 aliphatic rings. The van der Waals surface area contributed by atoms with Gasteiger partial charge in [0, 0.05) is 18.8 Å². The molecular weight excluding hydrogens is 266 g/mol. The number of carbonyl (C=O) groups is 1. The summed E-state index contributed by atoms with van der Waals surface area (Å²) in [7, 11) is 0. The summed E-state index contributed by atoms with van der Waals surface area (Å²) in [6, 6.07) is 4.99. The molecule has 0 aromatic heterocycles. The molecule has 19 heavy (non-hydrogen) atoms. The number of benzene rings is 1. The quantitative estimate of drug-likeness (QED) is 0.725. The second-order valence-electron chi connectivity index (χ2n) is 4.86. The number of aliphatic hydroxyl groups is 1. The molecule has 4 N–H and O–H groups in total. The van der Waals surface area contributed by atoms with Gasteiger partial charge in [0.25, 0.3) is 0 Å². The highest BCUT2D eigenvalue weighted by atomic mass is 35.5. The summed E-state index contributed by atoms with van der Waals surface area (Å²) in [6.07, 6.45) is 0.937. The first kappa shape index (κ1) is 14.1. The highest BCUT2D eigenvalue weighted by molar-refractivity contribution is 6.34. The molecule has 0 spiro atoms. The van der Waals surface area contributed by atoms with Gasteiger partial charge in [0.05, 0.1) is 17.3 Å². The lowest BCUT2D eigenvalue weighted by molar-refractivity contribution is -0.117. The molecule has 0 saturated carbocycles. The number of aliphatic hydroxyl groups excluding tert-OH is 1. The van der Waals surface area contributed by atoms with E-state index in [4.69, 9.17) is 22.4 Å². The SMILES string of the molecule is Nc1ccc(NC(=O)CN2CCC(CO)C2)c(Cl)c1. The van der Waals surface area contributed by atoms with E-state index < -0.39 is 0 Å². The number of nitrogens with zero attached hydrogens (tertiary/aromatic N) is 1. The summed E-state index contributed by atoms with van der Waals surface area (Å²) < 4.78 is 0. The second kappa shape index (κ2) is 6.23. The van der Waals surface area contributed by atoms with Gasteiger partial charge in [-0.05, 0) is 37.1 Å². The minimum atomic E-state index is -0.106. The van der Waals surface area contributed by atoms with E-state index >= 15 is 0 Å². The fourth-order valence-electron chi connectivity index (χ4n) is 2.23. The van der Waals surface area contributed by atoms with Crippen LogP contribution in [0.2, 0.25) is 5.02 Å². The second-order valence-corrected chi connectivity index (χ2v) is 5.27. The molecule has 2 rings (SSSR count). The van der Waals surface area contributed by atoms with E-state index in [0.29, 0.717) is 22.9 Å². The first-order valence-electron chi connectivity index (χ1n) is 6.26. The Labute approximate surface area is 117 Å². The number of carbonyl (C=O) groups excluding carboxylic acids is 1. The third kappa shape index (κ3) is 3.83. The van der Waals surface area contributed by atoms with Gasteiger partial charge in [-0.2, -0.15) is 0 Å². The zero-order chi connectivity index (χ0) is 13.8. The molecule has 1 heterocycles. The van der Waals surface area contributed by atoms with Gasteiger partial charge in [-0.1, -0.05) is 11.6 Å². The van der Waals surface area contributed by atoms with Crippen molar-refractivity contribution < 1.29 is 9.90 Å². The number of nitrogens with one attached hydrogen (secondary N) is 1. The van der Waals surface area contributed by atoms with Crippen molar-refractivity contribution in [1.29, 1.82) is 0 Å². The molecule has 0 bridgehead atoms. The summed E-state index contributed by atoms with van der Waals surface area (Å²) in [5.74, 6) is 0.179. The Hall–Kier alpha value is -1.30. The van der Waals surface area contributed by atoms with Crippen LogP contribution in [0.15, 0.2) is 18.2 Å². The average Bonchev–Trinajstić information content (AvgIpc) is 2.80. The van der Waals surface area contributed by atoms with Crippen molar-refractivity contribution in [3.05, 3.63) is 23.2 Å². The first-order chi connectivity index (χ1) is 9.08. The fraction of sp³-hybridized carbons (Fsp3) is 0.462. The summed E-state index contributed by atoms with van der Waals surface area (Å²) in [4.78, 5) is 13.9. The van der Waals surface area contributed by atoms with Gasteiger partial charge < -0.3 is 16.2 Å². The Kier molecular flexibility index (Phi) is 4.63. The Morgan fingerprint density at radius 3 is 3.00 bits per heavy atom. The van der Waals surface area contributed by atoms with Crippen LogP contribution in [0.5, 0.6) is 0 Å². The van der Waals surface area contributed by atoms with Crippen LogP contribution < -0.4 is 11.1 Å². The molecule has 1 aromatic rings. The number of hydrogen-bond donors (Lipinski definition) is 3. The normalized spacial score (nSPS) is 19.6. The van der Waals surface area contributed by atoms with E-state index in [0.717, 1.165) is 19.5 Å². The van der Waals surface area contributed by atoms with Crippen LogP contribution in [-0.2, 0) is 4.79 Å². The van der Waals surface area contributed by atoms with Gasteiger partial charge in [-0.3, -0.25) is 9.69 Å². The van der Waals surface area contributed by atoms with Gasteiger partial charge in [-0.15, -0.1) is 0 Å². The lowest BCUT2D eigenvalue weighted by atomic mass is 10.1. The highest BCUT2D eigenvalue weighted by Crippen LogP contribution is 2.24. The van der Waals surface area contributed by atoms with Crippen LogP contribution in [0.25, 0.3) is 0 Å². The lowest BCUT2D eigenvalue weighted by Crippen LogP contribution is -2.32. The number of halogens is 1. The monoisotopic (exact) mass is 283 g/mol. The Morgan fingerprint density at radius 1 is 1.58 bits per heavy atom. The van der Waals surface area contributed by atoms with Crippen molar-refractivity contribution in [1.82, 2.24) is 4.90 Å². The molecule has 104 valence electrons. The molecule has 5 nitrogen and oxygen atoms in total. The fourth-order valence-corrected chi connectivity index (χ4v) is 2.47. The van der Waals surface area contributed by atoms with Crippen molar-refractivity contribution in [3.8, 4) is 0 Å². The summed E-state index contributed by atoms with van der Waals surface area (Å²) >= 11 is 5.99. The lowest BCUT2D eigenvalue weighted by Gasteiger charge is -2.15. The molecule has 1 unspecified atom stereocenters. The van der Waals surface area contributed by atoms with Crippen molar-refractivity contribution in [2.75, 3.05) is 37.3 Å². The predicted octanol–water partition coefficient (Wildman–Crippen LogP) is 1.17. The van der Waals surface area contributed by atoms with E-state index in [-0.39, 0.29) is 18.4 Å². The number of hydrogen-bond acceptors (Lipinski definition) is 4. The van der Waals surface area contributed by atoms with Crippen LogP contribution in [0.1, 0.15) is 6.42 Å². The minimum absolute atomic E-state index is 0.106. The third-order valence-corrected chi connectivity index (χ3v) is 3.58. The predicted molar refractivity (Wildman–Crippen MR) is 76.1 cm³/mol. The first-order valence-corrected chi connectivity index (χ1v) is 6.64. The highest BCUT2D eigenvalue weighted by Gasteiger charge is 2.23. The zero-order valence-corrected chi connectivity index (χ0v) is 11.4. The van der Waals surface area contributed by atoms with Crippen molar-refractivity contribution in [2.24, 2.45) is 5.92 Å². The van der Waals surface area contributed by atoms with E-state index in [1.165, 1.54) is 0 Å². The number of amides is 1. The van der Waals surface area contributed by atoms with E-state index in [1.54, 1.807) is 18.2 Å². The van der Waals surface area contributed by atoms with Crippen LogP contribution in [0.4, 0.5) is 11.4 Å². The molecule has 1 saturated heterocycles. The van der Waals surface area contributed by atoms with Gasteiger partial charge in [-0.25, -0.2) is 0 Å². The molecule has 1 aliphatic heterocycles. The smallest absolute Gasteiger partial charge is 0.238 e. The van der Waals surface area contributed by atoms with Crippen molar-refractivity contribution in [3.63, 3.8) is 0 Å². The van der Waals surface area contributed by atoms with Gasteiger partial charge in [0.15, 0.2) is 0 Å². The molecule has 1 amide bonds. The summed E-state index contributed by atoms with van der Waals surface area (Å²) in [6.45, 7) is 2.10. The maximum absolute atomic E-state index is 11.9. The Balaban J connectivity index is 1.87. The Morgan fingerprint density at radius 2 is 2.37 bits per heavy atom. The maximum Gasteiger partial charge on any atom is 0.238 e.